The topological polar surface area (TPSA) is 73.7 Å². The maximum Gasteiger partial charge on any atom is 0.453 e. The van der Waals surface area contributed by atoms with Crippen molar-refractivity contribution in [1.82, 2.24) is 14.9 Å². The molecule has 0 saturated carbocycles. The number of nitrogens with zero attached hydrogens (tertiary/aromatic N) is 3. The Labute approximate surface area is 187 Å². The van der Waals surface area contributed by atoms with Gasteiger partial charge in [-0.05, 0) is 73.6 Å². The van der Waals surface area contributed by atoms with Crippen molar-refractivity contribution in [3.63, 3.8) is 0 Å². The number of aromatic nitrogens is 3. The van der Waals surface area contributed by atoms with Gasteiger partial charge in [-0.25, -0.2) is 5.10 Å². The number of H-pyrrole nitrogens is 1. The van der Waals surface area contributed by atoms with Gasteiger partial charge in [0.05, 0.1) is 19.4 Å². The molecule has 1 N–H and O–H groups in total. The molecule has 0 fully saturated rings. The summed E-state index contributed by atoms with van der Waals surface area (Å²) in [6.45, 7) is 5.16. The van der Waals surface area contributed by atoms with Gasteiger partial charge in [-0.2, -0.15) is 22.9 Å². The van der Waals surface area contributed by atoms with E-state index in [1.807, 2.05) is 32.0 Å². The molecule has 0 bridgehead atoms. The third kappa shape index (κ3) is 5.88. The van der Waals surface area contributed by atoms with Crippen LogP contribution in [0.3, 0.4) is 0 Å². The van der Waals surface area contributed by atoms with Gasteiger partial charge in [-0.15, -0.1) is 5.10 Å². The second-order valence-electron chi connectivity index (χ2n) is 6.41. The van der Waals surface area contributed by atoms with Crippen molar-refractivity contribution in [2.75, 3.05) is 13.2 Å². The lowest BCUT2D eigenvalue weighted by atomic mass is 10.2. The molecule has 0 aliphatic carbocycles. The van der Waals surface area contributed by atoms with Crippen molar-refractivity contribution in [1.29, 1.82) is 0 Å². The maximum atomic E-state index is 12.9. The van der Waals surface area contributed by atoms with Gasteiger partial charge >= 0.3 is 6.18 Å². The van der Waals surface area contributed by atoms with Gasteiger partial charge in [0.1, 0.15) is 12.4 Å². The number of ether oxygens (including phenoxy) is 3. The summed E-state index contributed by atoms with van der Waals surface area (Å²) < 4.78 is 56.0. The van der Waals surface area contributed by atoms with Crippen LogP contribution >= 0.6 is 12.2 Å². The standard InChI is InChI=1S/C21H21F3N4O3S/c1-3-29-17-10-7-15(11-18(17)30-4-2)13-31-16-8-5-14(6-9-16)12-25-28-19(21(22,23)24)26-27-20(28)32/h5-12H,3-4,13H2,1-2H3,(H,27,32)/b25-12+. The Bertz CT molecular complexity index is 1120. The minimum Gasteiger partial charge on any atom is -0.490 e. The predicted molar refractivity (Wildman–Crippen MR) is 115 cm³/mol. The Morgan fingerprint density at radius 2 is 1.72 bits per heavy atom. The van der Waals surface area contributed by atoms with Crippen LogP contribution in [-0.2, 0) is 12.8 Å². The van der Waals surface area contributed by atoms with Crippen LogP contribution < -0.4 is 14.2 Å². The Morgan fingerprint density at radius 1 is 1.03 bits per heavy atom. The number of halogens is 3. The van der Waals surface area contributed by atoms with E-state index in [0.717, 1.165) is 5.56 Å². The number of aromatic amines is 1. The van der Waals surface area contributed by atoms with E-state index in [0.29, 0.717) is 47.3 Å². The van der Waals surface area contributed by atoms with E-state index < -0.39 is 12.0 Å². The van der Waals surface area contributed by atoms with E-state index in [1.54, 1.807) is 24.3 Å². The van der Waals surface area contributed by atoms with E-state index in [4.69, 9.17) is 26.4 Å². The lowest BCUT2D eigenvalue weighted by Gasteiger charge is -2.13. The van der Waals surface area contributed by atoms with E-state index >= 15 is 0 Å². The summed E-state index contributed by atoms with van der Waals surface area (Å²) in [7, 11) is 0. The molecule has 3 rings (SSSR count). The van der Waals surface area contributed by atoms with Crippen LogP contribution in [0.2, 0.25) is 0 Å². The highest BCUT2D eigenvalue weighted by Gasteiger charge is 2.37. The van der Waals surface area contributed by atoms with Gasteiger partial charge in [-0.1, -0.05) is 6.07 Å². The Morgan fingerprint density at radius 3 is 2.38 bits per heavy atom. The molecule has 2 aromatic carbocycles. The fourth-order valence-corrected chi connectivity index (χ4v) is 2.89. The highest BCUT2D eigenvalue weighted by molar-refractivity contribution is 7.71. The van der Waals surface area contributed by atoms with Crippen LogP contribution in [0.1, 0.15) is 30.8 Å². The van der Waals surface area contributed by atoms with E-state index in [2.05, 4.69) is 15.3 Å². The quantitative estimate of drug-likeness (QED) is 0.346. The fourth-order valence-electron chi connectivity index (χ4n) is 2.71. The zero-order valence-electron chi connectivity index (χ0n) is 17.3. The van der Waals surface area contributed by atoms with Gasteiger partial charge < -0.3 is 14.2 Å². The molecule has 0 aliphatic heterocycles. The van der Waals surface area contributed by atoms with Crippen LogP contribution in [0.4, 0.5) is 13.2 Å². The first-order valence-electron chi connectivity index (χ1n) is 9.72. The van der Waals surface area contributed by atoms with Crippen LogP contribution in [0.5, 0.6) is 17.2 Å². The molecule has 0 aliphatic rings. The molecule has 1 aromatic heterocycles. The molecule has 0 atom stereocenters. The van der Waals surface area contributed by atoms with Gasteiger partial charge in [0.2, 0.25) is 4.77 Å². The zero-order valence-corrected chi connectivity index (χ0v) is 18.2. The number of benzene rings is 2. The van der Waals surface area contributed by atoms with Crippen molar-refractivity contribution in [3.8, 4) is 17.2 Å². The fraction of sp³-hybridized carbons (Fsp3) is 0.286. The molecule has 0 unspecified atom stereocenters. The average molecular weight is 466 g/mol. The molecule has 3 aromatic rings. The molecule has 32 heavy (non-hydrogen) atoms. The van der Waals surface area contributed by atoms with Crippen LogP contribution in [-0.4, -0.2) is 34.3 Å². The lowest BCUT2D eigenvalue weighted by Crippen LogP contribution is -2.12. The van der Waals surface area contributed by atoms with Gasteiger partial charge in [0.25, 0.3) is 5.82 Å². The van der Waals surface area contributed by atoms with Crippen molar-refractivity contribution in [2.45, 2.75) is 26.6 Å². The molecule has 1 heterocycles. The number of hydrogen-bond donors (Lipinski definition) is 1. The minimum absolute atomic E-state index is 0.254. The Kier molecular flexibility index (Phi) is 7.52. The van der Waals surface area contributed by atoms with Gasteiger partial charge in [-0.3, -0.25) is 0 Å². The molecular weight excluding hydrogens is 445 g/mol. The maximum absolute atomic E-state index is 12.9. The average Bonchev–Trinajstić information content (AvgIpc) is 3.14. The van der Waals surface area contributed by atoms with Crippen molar-refractivity contribution < 1.29 is 27.4 Å². The minimum atomic E-state index is -4.68. The zero-order chi connectivity index (χ0) is 23.1. The molecule has 0 spiro atoms. The van der Waals surface area contributed by atoms with Crippen LogP contribution in [0.15, 0.2) is 47.6 Å². The highest BCUT2D eigenvalue weighted by atomic mass is 32.1. The summed E-state index contributed by atoms with van der Waals surface area (Å²) in [5, 5.41) is 9.04. The summed E-state index contributed by atoms with van der Waals surface area (Å²) in [5.41, 5.74) is 1.46. The molecule has 170 valence electrons. The summed E-state index contributed by atoms with van der Waals surface area (Å²) in [6, 6.07) is 12.3. The van der Waals surface area contributed by atoms with E-state index in [-0.39, 0.29) is 4.77 Å². The second-order valence-corrected chi connectivity index (χ2v) is 6.80. The summed E-state index contributed by atoms with van der Waals surface area (Å²) in [6.07, 6.45) is -3.42. The number of hydrogen-bond acceptors (Lipinski definition) is 6. The smallest absolute Gasteiger partial charge is 0.453 e. The summed E-state index contributed by atoms with van der Waals surface area (Å²) >= 11 is 4.80. The van der Waals surface area contributed by atoms with E-state index in [1.165, 1.54) is 6.21 Å². The first-order valence-corrected chi connectivity index (χ1v) is 10.1. The SMILES string of the molecule is CCOc1ccc(COc2ccc(/C=N/n3c(C(F)(F)F)n[nH]c3=S)cc2)cc1OCC. The molecule has 0 amide bonds. The van der Waals surface area contributed by atoms with Gasteiger partial charge in [0.15, 0.2) is 11.5 Å². The molecule has 0 saturated heterocycles. The molecule has 0 radical (unpaired) electrons. The summed E-state index contributed by atoms with van der Waals surface area (Å²) in [5.74, 6) is 0.691. The molecular formula is C21H21F3N4O3S. The van der Waals surface area contributed by atoms with Crippen molar-refractivity contribution in [2.24, 2.45) is 5.10 Å². The third-order valence-corrected chi connectivity index (χ3v) is 4.38. The number of rotatable bonds is 9. The molecule has 7 nitrogen and oxygen atoms in total. The van der Waals surface area contributed by atoms with Crippen LogP contribution in [0.25, 0.3) is 0 Å². The Hall–Kier alpha value is -3.34. The normalized spacial score (nSPS) is 11.7. The largest absolute Gasteiger partial charge is 0.490 e. The third-order valence-electron chi connectivity index (χ3n) is 4.12. The van der Waals surface area contributed by atoms with Gasteiger partial charge in [0, 0.05) is 0 Å². The molecule has 11 heteroatoms. The Balaban J connectivity index is 1.66. The van der Waals surface area contributed by atoms with Crippen LogP contribution in [0, 0.1) is 4.77 Å². The monoisotopic (exact) mass is 466 g/mol. The van der Waals surface area contributed by atoms with E-state index in [9.17, 15) is 13.2 Å². The predicted octanol–water partition coefficient (Wildman–Crippen LogP) is 5.22. The number of nitrogens with one attached hydrogen (secondary N) is 1. The first kappa shape index (κ1) is 23.3. The first-order chi connectivity index (χ1) is 15.3. The highest BCUT2D eigenvalue weighted by Crippen LogP contribution is 2.29. The van der Waals surface area contributed by atoms with Crippen molar-refractivity contribution in [3.05, 3.63) is 64.2 Å². The second kappa shape index (κ2) is 10.3. The summed E-state index contributed by atoms with van der Waals surface area (Å²) in [4.78, 5) is 0. The van der Waals surface area contributed by atoms with Crippen molar-refractivity contribution >= 4 is 18.4 Å². The lowest BCUT2D eigenvalue weighted by molar-refractivity contribution is -0.147. The number of alkyl halides is 3.